The van der Waals surface area contributed by atoms with Crippen molar-refractivity contribution in [2.24, 2.45) is 5.92 Å². The molecule has 33 heavy (non-hydrogen) atoms. The minimum Gasteiger partial charge on any atom is -0.463 e. The Kier molecular flexibility index (Phi) is 8.10. The lowest BCUT2D eigenvalue weighted by Crippen LogP contribution is -2.24. The monoisotopic (exact) mass is 474 g/mol. The van der Waals surface area contributed by atoms with Crippen molar-refractivity contribution in [3.8, 4) is 5.75 Å². The van der Waals surface area contributed by atoms with Gasteiger partial charge in [-0.05, 0) is 39.0 Å². The van der Waals surface area contributed by atoms with Gasteiger partial charge in [0.15, 0.2) is 5.65 Å². The van der Waals surface area contributed by atoms with Crippen LogP contribution in [-0.2, 0) is 25.4 Å². The summed E-state index contributed by atoms with van der Waals surface area (Å²) in [4.78, 5) is 21.0. The van der Waals surface area contributed by atoms with Crippen LogP contribution in [0.4, 0.5) is 5.69 Å². The third kappa shape index (κ3) is 6.79. The van der Waals surface area contributed by atoms with Crippen molar-refractivity contribution >= 4 is 30.2 Å². The highest BCUT2D eigenvalue weighted by molar-refractivity contribution is 7.59. The van der Waals surface area contributed by atoms with Gasteiger partial charge in [-0.2, -0.15) is 0 Å². The maximum absolute atomic E-state index is 13.7. The summed E-state index contributed by atoms with van der Waals surface area (Å²) in [5.41, 5.74) is 7.78. The normalized spacial score (nSPS) is 15.2. The van der Waals surface area contributed by atoms with Gasteiger partial charge in [-0.3, -0.25) is 9.36 Å². The molecule has 3 atom stereocenters. The molecule has 3 aromatic rings. The second-order valence-corrected chi connectivity index (χ2v) is 10.8. The Morgan fingerprint density at radius 1 is 1.12 bits per heavy atom. The summed E-state index contributed by atoms with van der Waals surface area (Å²) in [5.74, 6) is -0.559. The molecular weight excluding hydrogens is 443 g/mol. The predicted octanol–water partition coefficient (Wildman–Crippen LogP) is 4.32. The molecular formula is C23H31N4O5P. The van der Waals surface area contributed by atoms with Crippen LogP contribution in [0.5, 0.6) is 5.75 Å². The maximum atomic E-state index is 13.7. The summed E-state index contributed by atoms with van der Waals surface area (Å²) < 4.78 is 32.7. The number of pyridine rings is 1. The van der Waals surface area contributed by atoms with E-state index in [1.54, 1.807) is 63.6 Å². The number of esters is 1. The number of fused-ring (bicyclic) bond motifs is 1. The van der Waals surface area contributed by atoms with Crippen molar-refractivity contribution in [1.29, 1.82) is 0 Å². The minimum absolute atomic E-state index is 0.00621. The molecule has 0 saturated heterocycles. The van der Waals surface area contributed by atoms with E-state index in [2.05, 4.69) is 9.97 Å². The van der Waals surface area contributed by atoms with Crippen LogP contribution in [-0.4, -0.2) is 45.2 Å². The van der Waals surface area contributed by atoms with Crippen LogP contribution in [0.1, 0.15) is 27.7 Å². The zero-order valence-corrected chi connectivity index (χ0v) is 20.3. The molecule has 1 aromatic carbocycles. The van der Waals surface area contributed by atoms with Gasteiger partial charge in [0.1, 0.15) is 17.6 Å². The van der Waals surface area contributed by atoms with Gasteiger partial charge in [-0.1, -0.05) is 25.1 Å². The van der Waals surface area contributed by atoms with E-state index in [0.717, 1.165) is 0 Å². The van der Waals surface area contributed by atoms with Gasteiger partial charge in [0.05, 0.1) is 42.8 Å². The fourth-order valence-corrected chi connectivity index (χ4v) is 5.52. The third-order valence-electron chi connectivity index (χ3n) is 4.87. The van der Waals surface area contributed by atoms with Crippen molar-refractivity contribution < 1.29 is 23.4 Å². The van der Waals surface area contributed by atoms with Crippen LogP contribution in [0, 0.1) is 5.92 Å². The Balaban J connectivity index is 1.70. The molecule has 0 spiro atoms. The first-order chi connectivity index (χ1) is 15.7. The summed E-state index contributed by atoms with van der Waals surface area (Å²) in [6.07, 6.45) is 2.56. The van der Waals surface area contributed by atoms with E-state index < -0.39 is 19.3 Å². The van der Waals surface area contributed by atoms with Crippen LogP contribution in [0.2, 0.25) is 0 Å². The van der Waals surface area contributed by atoms with Crippen molar-refractivity contribution in [1.82, 2.24) is 14.5 Å². The number of ether oxygens (including phenoxy) is 2. The number of nitrogens with two attached hydrogens (primary N) is 1. The number of imidazole rings is 1. The van der Waals surface area contributed by atoms with Gasteiger partial charge < -0.3 is 24.3 Å². The number of nitrogens with zero attached hydrogens (tertiary/aromatic N) is 3. The number of hydrogen-bond donors (Lipinski definition) is 1. The fourth-order valence-electron chi connectivity index (χ4n) is 3.32. The van der Waals surface area contributed by atoms with Gasteiger partial charge in [-0.25, -0.2) is 9.97 Å². The molecule has 0 saturated carbocycles. The minimum atomic E-state index is -3.38. The zero-order chi connectivity index (χ0) is 24.0. The van der Waals surface area contributed by atoms with Gasteiger partial charge in [0.25, 0.3) is 7.37 Å². The second kappa shape index (κ2) is 10.8. The Morgan fingerprint density at radius 3 is 2.55 bits per heavy atom. The molecule has 9 nitrogen and oxygen atoms in total. The molecule has 0 radical (unpaired) electrons. The second-order valence-electron chi connectivity index (χ2n) is 8.36. The summed E-state index contributed by atoms with van der Waals surface area (Å²) in [6.45, 7) is 7.53. The van der Waals surface area contributed by atoms with Crippen LogP contribution in [0.15, 0.2) is 48.9 Å². The van der Waals surface area contributed by atoms with E-state index in [-0.39, 0.29) is 24.7 Å². The topological polar surface area (TPSA) is 119 Å². The van der Waals surface area contributed by atoms with Gasteiger partial charge in [0, 0.05) is 6.20 Å². The van der Waals surface area contributed by atoms with E-state index >= 15 is 0 Å². The molecule has 10 heteroatoms. The number of rotatable bonds is 11. The molecule has 0 aliphatic rings. The molecule has 178 valence electrons. The van der Waals surface area contributed by atoms with Crippen LogP contribution < -0.4 is 10.3 Å². The van der Waals surface area contributed by atoms with Gasteiger partial charge >= 0.3 is 5.97 Å². The first kappa shape index (κ1) is 24.7. The summed E-state index contributed by atoms with van der Waals surface area (Å²) >= 11 is 0. The van der Waals surface area contributed by atoms with Crippen molar-refractivity contribution in [3.63, 3.8) is 0 Å². The van der Waals surface area contributed by atoms with E-state index in [1.165, 1.54) is 0 Å². The third-order valence-corrected chi connectivity index (χ3v) is 7.06. The fraction of sp³-hybridized carbons (Fsp3) is 0.435. The van der Waals surface area contributed by atoms with Crippen LogP contribution >= 0.6 is 7.37 Å². The van der Waals surface area contributed by atoms with E-state index in [4.69, 9.17) is 19.7 Å². The number of benzene rings is 1. The lowest BCUT2D eigenvalue weighted by atomic mass is 10.2. The molecule has 0 fully saturated rings. The number of carbonyl (C=O) groups excluding carboxylic acids is 1. The highest BCUT2D eigenvalue weighted by Crippen LogP contribution is 2.49. The average Bonchev–Trinajstić information content (AvgIpc) is 3.16. The average molecular weight is 474 g/mol. The standard InChI is InChI=1S/C23H31N4O5P/c1-16(2)31-23(28)17(3)13-33(29,32-19-8-6-5-7-9-19)15-30-18(4)12-27-14-26-21-20(24)10-11-25-22(21)27/h5-11,14,16-18H,12-13,15H2,1-4H3,(H2,24,25)/t17-,18-,33+/m1/s1. The lowest BCUT2D eigenvalue weighted by molar-refractivity contribution is -0.151. The van der Waals surface area contributed by atoms with Gasteiger partial charge in [0.2, 0.25) is 0 Å². The molecule has 2 heterocycles. The van der Waals surface area contributed by atoms with E-state index in [9.17, 15) is 9.36 Å². The Morgan fingerprint density at radius 2 is 1.85 bits per heavy atom. The van der Waals surface area contributed by atoms with Gasteiger partial charge in [-0.15, -0.1) is 0 Å². The molecule has 0 aliphatic carbocycles. The molecule has 0 unspecified atom stereocenters. The Bertz CT molecular complexity index is 1120. The first-order valence-corrected chi connectivity index (χ1v) is 12.9. The summed E-state index contributed by atoms with van der Waals surface area (Å²) in [5, 5.41) is 0. The molecule has 2 N–H and O–H groups in total. The summed E-state index contributed by atoms with van der Waals surface area (Å²) in [7, 11) is -3.38. The molecule has 2 aromatic heterocycles. The smallest absolute Gasteiger partial charge is 0.309 e. The number of hydrogen-bond acceptors (Lipinski definition) is 8. The molecule has 0 bridgehead atoms. The van der Waals surface area contributed by atoms with Crippen LogP contribution in [0.3, 0.4) is 0 Å². The first-order valence-electron chi connectivity index (χ1n) is 10.9. The quantitative estimate of drug-likeness (QED) is 0.322. The highest BCUT2D eigenvalue weighted by atomic mass is 31.2. The van der Waals surface area contributed by atoms with Crippen molar-refractivity contribution in [3.05, 3.63) is 48.9 Å². The molecule has 0 aliphatic heterocycles. The molecule has 0 amide bonds. The number of aromatic nitrogens is 3. The lowest BCUT2D eigenvalue weighted by Gasteiger charge is -2.24. The zero-order valence-electron chi connectivity index (χ0n) is 19.4. The van der Waals surface area contributed by atoms with E-state index in [1.807, 2.05) is 17.6 Å². The number of carbonyl (C=O) groups is 1. The Labute approximate surface area is 193 Å². The van der Waals surface area contributed by atoms with Crippen molar-refractivity contribution in [2.45, 2.75) is 46.4 Å². The predicted molar refractivity (Wildman–Crippen MR) is 127 cm³/mol. The Hall–Kier alpha value is -2.90. The largest absolute Gasteiger partial charge is 0.463 e. The SMILES string of the molecule is CC(C)OC(=O)[C@H](C)C[P@@](=O)(CO[C@H](C)Cn1cnc2c(N)ccnc21)Oc1ccccc1. The highest BCUT2D eigenvalue weighted by Gasteiger charge is 2.32. The number of para-hydroxylation sites is 1. The number of anilines is 1. The maximum Gasteiger partial charge on any atom is 0.309 e. The molecule has 3 rings (SSSR count). The number of nitrogen functional groups attached to an aromatic ring is 1. The van der Waals surface area contributed by atoms with Crippen LogP contribution in [0.25, 0.3) is 11.2 Å². The summed E-state index contributed by atoms with van der Waals surface area (Å²) in [6, 6.07) is 10.6. The van der Waals surface area contributed by atoms with E-state index in [0.29, 0.717) is 29.1 Å². The van der Waals surface area contributed by atoms with Crippen molar-refractivity contribution in [2.75, 3.05) is 18.2 Å².